The van der Waals surface area contributed by atoms with Gasteiger partial charge in [-0.2, -0.15) is 13.2 Å². The van der Waals surface area contributed by atoms with E-state index in [4.69, 9.17) is 0 Å². The van der Waals surface area contributed by atoms with E-state index in [2.05, 4.69) is 9.72 Å². The standard InChI is InChI=1S/C12H9F4NO2/c1-6(19-5-18)7-4-17-9-3-2-8(13)11(10(7)9)12(14,15)16/h2-6,17H,1H3. The van der Waals surface area contributed by atoms with Crippen LogP contribution in [0.4, 0.5) is 17.6 Å². The number of hydrogen-bond acceptors (Lipinski definition) is 2. The number of hydrogen-bond donors (Lipinski definition) is 1. The lowest BCUT2D eigenvalue weighted by atomic mass is 10.0. The molecule has 0 bridgehead atoms. The van der Waals surface area contributed by atoms with Gasteiger partial charge in [0.1, 0.15) is 17.5 Å². The molecule has 1 unspecified atom stereocenters. The summed E-state index contributed by atoms with van der Waals surface area (Å²) in [7, 11) is 0. The van der Waals surface area contributed by atoms with Crippen molar-refractivity contribution in [2.24, 2.45) is 0 Å². The molecule has 0 saturated carbocycles. The summed E-state index contributed by atoms with van der Waals surface area (Å²) in [4.78, 5) is 12.9. The minimum absolute atomic E-state index is 0.0777. The number of carbonyl (C=O) groups is 1. The number of H-pyrrole nitrogens is 1. The molecule has 3 nitrogen and oxygen atoms in total. The predicted octanol–water partition coefficient (Wildman–Crippen LogP) is 3.56. The van der Waals surface area contributed by atoms with Gasteiger partial charge in [0.15, 0.2) is 0 Å². The molecule has 1 atom stereocenters. The maximum atomic E-state index is 13.5. The first-order valence-electron chi connectivity index (χ1n) is 5.32. The molecule has 0 aliphatic carbocycles. The lowest BCUT2D eigenvalue weighted by Crippen LogP contribution is -2.10. The Hall–Kier alpha value is -2.05. The van der Waals surface area contributed by atoms with E-state index in [-0.39, 0.29) is 22.9 Å². The number of nitrogens with one attached hydrogen (secondary N) is 1. The highest BCUT2D eigenvalue weighted by molar-refractivity contribution is 5.87. The van der Waals surface area contributed by atoms with Crippen molar-refractivity contribution in [3.63, 3.8) is 0 Å². The van der Waals surface area contributed by atoms with Crippen LogP contribution in [0.5, 0.6) is 0 Å². The molecule has 1 heterocycles. The molecule has 2 rings (SSSR count). The van der Waals surface area contributed by atoms with Gasteiger partial charge in [0, 0.05) is 22.7 Å². The number of aromatic amines is 1. The van der Waals surface area contributed by atoms with E-state index in [1.165, 1.54) is 19.2 Å². The topological polar surface area (TPSA) is 42.1 Å². The van der Waals surface area contributed by atoms with E-state index < -0.39 is 23.7 Å². The second-order valence-corrected chi connectivity index (χ2v) is 3.96. The third kappa shape index (κ3) is 2.27. The van der Waals surface area contributed by atoms with Crippen molar-refractivity contribution in [3.05, 3.63) is 35.3 Å². The molecule has 0 amide bonds. The van der Waals surface area contributed by atoms with E-state index in [0.717, 1.165) is 6.07 Å². The molecule has 19 heavy (non-hydrogen) atoms. The second-order valence-electron chi connectivity index (χ2n) is 3.96. The van der Waals surface area contributed by atoms with Crippen LogP contribution in [-0.2, 0) is 15.7 Å². The van der Waals surface area contributed by atoms with Crippen LogP contribution in [-0.4, -0.2) is 11.5 Å². The Morgan fingerprint density at radius 3 is 2.63 bits per heavy atom. The second kappa shape index (κ2) is 4.56. The third-order valence-electron chi connectivity index (χ3n) is 2.81. The van der Waals surface area contributed by atoms with E-state index in [1.54, 1.807) is 0 Å². The highest BCUT2D eigenvalue weighted by Crippen LogP contribution is 2.40. The van der Waals surface area contributed by atoms with Crippen molar-refractivity contribution in [1.29, 1.82) is 0 Å². The van der Waals surface area contributed by atoms with Gasteiger partial charge in [0.2, 0.25) is 0 Å². The van der Waals surface area contributed by atoms with Crippen LogP contribution in [0, 0.1) is 5.82 Å². The Bertz CT molecular complexity index is 618. The van der Waals surface area contributed by atoms with Gasteiger partial charge in [-0.1, -0.05) is 0 Å². The van der Waals surface area contributed by atoms with Crippen LogP contribution in [0.3, 0.4) is 0 Å². The molecule has 0 aliphatic rings. The molecule has 7 heteroatoms. The summed E-state index contributed by atoms with van der Waals surface area (Å²) in [5.74, 6) is -1.36. The zero-order chi connectivity index (χ0) is 14.2. The lowest BCUT2D eigenvalue weighted by Gasteiger charge is -2.13. The molecule has 0 saturated heterocycles. The maximum absolute atomic E-state index is 13.5. The van der Waals surface area contributed by atoms with Crippen molar-refractivity contribution in [2.45, 2.75) is 19.2 Å². The molecule has 102 valence electrons. The number of halogens is 4. The van der Waals surface area contributed by atoms with Crippen molar-refractivity contribution in [3.8, 4) is 0 Å². The summed E-state index contributed by atoms with van der Waals surface area (Å²) in [6.07, 6.45) is -4.47. The highest BCUT2D eigenvalue weighted by atomic mass is 19.4. The summed E-state index contributed by atoms with van der Waals surface area (Å²) in [5.41, 5.74) is -1.15. The average Bonchev–Trinajstić information content (AvgIpc) is 2.70. The smallest absolute Gasteiger partial charge is 0.419 e. The van der Waals surface area contributed by atoms with Crippen molar-refractivity contribution in [2.75, 3.05) is 0 Å². The van der Waals surface area contributed by atoms with Crippen LogP contribution in [0.15, 0.2) is 18.3 Å². The number of ether oxygens (including phenoxy) is 1. The number of carbonyl (C=O) groups excluding carboxylic acids is 1. The first kappa shape index (κ1) is 13.4. The first-order chi connectivity index (χ1) is 8.86. The molecule has 0 fully saturated rings. The van der Waals surface area contributed by atoms with Crippen LogP contribution in [0.2, 0.25) is 0 Å². The Labute approximate surface area is 105 Å². The quantitative estimate of drug-likeness (QED) is 0.687. The zero-order valence-corrected chi connectivity index (χ0v) is 9.72. The predicted molar refractivity (Wildman–Crippen MR) is 58.8 cm³/mol. The van der Waals surface area contributed by atoms with Gasteiger partial charge in [0.05, 0.1) is 0 Å². The molecule has 2 aromatic rings. The third-order valence-corrected chi connectivity index (χ3v) is 2.81. The largest absolute Gasteiger partial charge is 0.460 e. The van der Waals surface area contributed by atoms with Crippen LogP contribution < -0.4 is 0 Å². The lowest BCUT2D eigenvalue weighted by molar-refractivity contribution is -0.138. The SMILES string of the molecule is CC(OC=O)c1c[nH]c2ccc(F)c(C(F)(F)F)c12. The zero-order valence-electron chi connectivity index (χ0n) is 9.72. The van der Waals surface area contributed by atoms with Crippen molar-refractivity contribution < 1.29 is 27.1 Å². The van der Waals surface area contributed by atoms with Crippen LogP contribution >= 0.6 is 0 Å². The Morgan fingerprint density at radius 1 is 1.37 bits per heavy atom. The van der Waals surface area contributed by atoms with E-state index in [1.807, 2.05) is 0 Å². The van der Waals surface area contributed by atoms with Gasteiger partial charge in [0.25, 0.3) is 6.47 Å². The Morgan fingerprint density at radius 2 is 2.05 bits per heavy atom. The summed E-state index contributed by atoms with van der Waals surface area (Å²) in [6, 6.07) is 1.95. The molecule has 1 N–H and O–H groups in total. The number of fused-ring (bicyclic) bond motifs is 1. The summed E-state index contributed by atoms with van der Waals surface area (Å²) < 4.78 is 56.9. The van der Waals surface area contributed by atoms with Gasteiger partial charge < -0.3 is 9.72 Å². The number of rotatable bonds is 3. The van der Waals surface area contributed by atoms with E-state index >= 15 is 0 Å². The number of benzene rings is 1. The summed E-state index contributed by atoms with van der Waals surface area (Å²) in [5, 5.41) is -0.318. The fourth-order valence-corrected chi connectivity index (χ4v) is 1.98. The molecule has 0 spiro atoms. The minimum Gasteiger partial charge on any atom is -0.460 e. The molecule has 1 aromatic heterocycles. The first-order valence-corrected chi connectivity index (χ1v) is 5.32. The fraction of sp³-hybridized carbons (Fsp3) is 0.250. The van der Waals surface area contributed by atoms with Crippen molar-refractivity contribution >= 4 is 17.4 Å². The van der Waals surface area contributed by atoms with Gasteiger partial charge in [-0.05, 0) is 19.1 Å². The van der Waals surface area contributed by atoms with Crippen molar-refractivity contribution in [1.82, 2.24) is 4.98 Å². The highest BCUT2D eigenvalue weighted by Gasteiger charge is 2.37. The molecule has 0 radical (unpaired) electrons. The van der Waals surface area contributed by atoms with Gasteiger partial charge in [-0.25, -0.2) is 4.39 Å². The van der Waals surface area contributed by atoms with Gasteiger partial charge in [-0.3, -0.25) is 4.79 Å². The maximum Gasteiger partial charge on any atom is 0.419 e. The number of aromatic nitrogens is 1. The fourth-order valence-electron chi connectivity index (χ4n) is 1.98. The van der Waals surface area contributed by atoms with E-state index in [9.17, 15) is 22.4 Å². The van der Waals surface area contributed by atoms with Gasteiger partial charge in [-0.15, -0.1) is 0 Å². The van der Waals surface area contributed by atoms with E-state index in [0.29, 0.717) is 0 Å². The number of alkyl halides is 3. The summed E-state index contributed by atoms with van der Waals surface area (Å²) >= 11 is 0. The van der Waals surface area contributed by atoms with Crippen LogP contribution in [0.25, 0.3) is 10.9 Å². The molecule has 0 aliphatic heterocycles. The summed E-state index contributed by atoms with van der Waals surface area (Å²) in [6.45, 7) is 1.54. The molecular weight excluding hydrogens is 266 g/mol. The monoisotopic (exact) mass is 275 g/mol. The normalized spacial score (nSPS) is 13.5. The molecule has 1 aromatic carbocycles. The molecular formula is C12H9F4NO2. The Balaban J connectivity index is 2.75. The Kier molecular flexibility index (Phi) is 3.21. The average molecular weight is 275 g/mol. The van der Waals surface area contributed by atoms with Crippen LogP contribution in [0.1, 0.15) is 24.2 Å². The van der Waals surface area contributed by atoms with Gasteiger partial charge >= 0.3 is 6.18 Å². The minimum atomic E-state index is -4.83.